The van der Waals surface area contributed by atoms with E-state index in [4.69, 9.17) is 48.9 Å². The summed E-state index contributed by atoms with van der Waals surface area (Å²) in [4.78, 5) is 7.65. The third-order valence-corrected chi connectivity index (χ3v) is 8.24. The molecule has 0 radical (unpaired) electrons. The number of hydrogen-bond acceptors (Lipinski definition) is 4. The fraction of sp³-hybridized carbons (Fsp3) is 0.417. The topological polar surface area (TPSA) is 6.48 Å². The molecule has 0 saturated heterocycles. The molecule has 2 aromatic rings. The smallest absolute Gasteiger partial charge is 0.115 e. The highest BCUT2D eigenvalue weighted by Crippen LogP contribution is 2.40. The number of hydrogen-bond donors (Lipinski definition) is 0. The summed E-state index contributed by atoms with van der Waals surface area (Å²) < 4.78 is 0. The Labute approximate surface area is 200 Å². The van der Waals surface area contributed by atoms with Crippen LogP contribution in [0.4, 0.5) is 0 Å². The van der Waals surface area contributed by atoms with Crippen LogP contribution in [0.5, 0.6) is 0 Å². The molecule has 30 heavy (non-hydrogen) atoms. The molecule has 0 bridgehead atoms. The lowest BCUT2D eigenvalue weighted by Gasteiger charge is -2.41. The van der Waals surface area contributed by atoms with Gasteiger partial charge in [-0.15, -0.1) is 0 Å². The maximum Gasteiger partial charge on any atom is 0.115 e. The van der Waals surface area contributed by atoms with Crippen LogP contribution in [0.3, 0.4) is 0 Å². The van der Waals surface area contributed by atoms with Gasteiger partial charge in [0, 0.05) is 45.1 Å². The molecule has 2 aromatic carbocycles. The monoisotopic (exact) mass is 470 g/mol. The molecule has 0 spiro atoms. The second-order valence-corrected chi connectivity index (χ2v) is 9.52. The standard InChI is InChI=1S/C24H26N2S4/c1-5-13(6-2)25-21(27)15-9-11-17-20-18(12-10-16(19(15)20)22(25)28)24(30)26(23(17)29)14(7-3)8-4/h9-14H,5-8H2,1-4H3. The predicted molar refractivity (Wildman–Crippen MR) is 143 cm³/mol. The second-order valence-electron chi connectivity index (χ2n) is 7.97. The Morgan fingerprint density at radius 1 is 0.533 bits per heavy atom. The van der Waals surface area contributed by atoms with Gasteiger partial charge in [0.2, 0.25) is 0 Å². The number of thiocarbonyl (C=S) groups is 4. The first-order valence-corrected chi connectivity index (χ1v) is 12.4. The lowest BCUT2D eigenvalue weighted by Crippen LogP contribution is -2.47. The number of benzene rings is 2. The summed E-state index contributed by atoms with van der Waals surface area (Å²) >= 11 is 23.9. The van der Waals surface area contributed by atoms with Gasteiger partial charge < -0.3 is 9.80 Å². The van der Waals surface area contributed by atoms with Crippen LogP contribution in [0.25, 0.3) is 10.8 Å². The molecular formula is C24H26N2S4. The molecule has 2 nitrogen and oxygen atoms in total. The van der Waals surface area contributed by atoms with Crippen molar-refractivity contribution in [2.45, 2.75) is 65.5 Å². The van der Waals surface area contributed by atoms with Crippen LogP contribution in [-0.2, 0) is 0 Å². The fourth-order valence-electron chi connectivity index (χ4n) is 4.88. The van der Waals surface area contributed by atoms with E-state index in [1.54, 1.807) is 0 Å². The maximum absolute atomic E-state index is 5.97. The van der Waals surface area contributed by atoms with E-state index in [-0.39, 0.29) is 0 Å². The Hall–Kier alpha value is -1.34. The van der Waals surface area contributed by atoms with Gasteiger partial charge in [0.1, 0.15) is 20.0 Å². The summed E-state index contributed by atoms with van der Waals surface area (Å²) in [5, 5.41) is 2.24. The molecule has 0 aromatic heterocycles. The lowest BCUT2D eigenvalue weighted by atomic mass is 9.85. The van der Waals surface area contributed by atoms with Gasteiger partial charge in [0.25, 0.3) is 0 Å². The Bertz CT molecular complexity index is 939. The van der Waals surface area contributed by atoms with Crippen molar-refractivity contribution in [2.75, 3.05) is 0 Å². The van der Waals surface area contributed by atoms with E-state index >= 15 is 0 Å². The molecule has 2 aliphatic rings. The van der Waals surface area contributed by atoms with Gasteiger partial charge >= 0.3 is 0 Å². The molecule has 0 fully saturated rings. The predicted octanol–water partition coefficient (Wildman–Crippen LogP) is 6.55. The van der Waals surface area contributed by atoms with Gasteiger partial charge in [-0.3, -0.25) is 0 Å². The molecular weight excluding hydrogens is 445 g/mol. The minimum absolute atomic E-state index is 0.313. The fourth-order valence-corrected chi connectivity index (χ4v) is 6.64. The highest BCUT2D eigenvalue weighted by atomic mass is 32.1. The van der Waals surface area contributed by atoms with Gasteiger partial charge in [0.15, 0.2) is 0 Å². The summed E-state index contributed by atoms with van der Waals surface area (Å²) in [6.07, 6.45) is 4.02. The average Bonchev–Trinajstić information content (AvgIpc) is 2.76. The van der Waals surface area contributed by atoms with Gasteiger partial charge in [0.05, 0.1) is 0 Å². The maximum atomic E-state index is 5.97. The molecule has 6 heteroatoms. The first-order chi connectivity index (χ1) is 14.4. The van der Waals surface area contributed by atoms with Crippen molar-refractivity contribution >= 4 is 79.6 Å². The zero-order valence-electron chi connectivity index (χ0n) is 17.8. The van der Waals surface area contributed by atoms with Crippen LogP contribution >= 0.6 is 48.9 Å². The Morgan fingerprint density at radius 2 is 0.767 bits per heavy atom. The molecule has 156 valence electrons. The highest BCUT2D eigenvalue weighted by Gasteiger charge is 2.37. The van der Waals surface area contributed by atoms with Crippen molar-refractivity contribution in [3.63, 3.8) is 0 Å². The van der Waals surface area contributed by atoms with Gasteiger partial charge in [-0.1, -0.05) is 101 Å². The lowest BCUT2D eigenvalue weighted by molar-refractivity contribution is 0.417. The molecule has 0 amide bonds. The molecule has 0 N–H and O–H groups in total. The van der Waals surface area contributed by atoms with Gasteiger partial charge in [-0.2, -0.15) is 0 Å². The van der Waals surface area contributed by atoms with Crippen LogP contribution in [0.2, 0.25) is 0 Å². The Morgan fingerprint density at radius 3 is 0.967 bits per heavy atom. The molecule has 0 atom stereocenters. The minimum atomic E-state index is 0.313. The molecule has 0 aliphatic carbocycles. The quantitative estimate of drug-likeness (QED) is 0.439. The molecule has 0 unspecified atom stereocenters. The van der Waals surface area contributed by atoms with E-state index in [0.29, 0.717) is 12.1 Å². The van der Waals surface area contributed by atoms with Gasteiger partial charge in [-0.05, 0) is 25.7 Å². The Balaban J connectivity index is 1.97. The minimum Gasteiger partial charge on any atom is -0.320 e. The van der Waals surface area contributed by atoms with Crippen LogP contribution in [-0.4, -0.2) is 41.8 Å². The summed E-state index contributed by atoms with van der Waals surface area (Å²) in [5.41, 5.74) is 4.29. The number of nitrogens with zero attached hydrogens (tertiary/aromatic N) is 2. The summed E-state index contributed by atoms with van der Waals surface area (Å²) in [5.74, 6) is 0. The van der Waals surface area contributed by atoms with Crippen molar-refractivity contribution in [2.24, 2.45) is 0 Å². The first kappa shape index (κ1) is 21.9. The van der Waals surface area contributed by atoms with E-state index in [1.165, 1.54) is 0 Å². The largest absolute Gasteiger partial charge is 0.320 e. The third kappa shape index (κ3) is 2.99. The van der Waals surface area contributed by atoms with Crippen molar-refractivity contribution in [3.8, 4) is 0 Å². The van der Waals surface area contributed by atoms with Crippen molar-refractivity contribution in [3.05, 3.63) is 46.5 Å². The average molecular weight is 471 g/mol. The second kappa shape index (κ2) is 8.30. The summed E-state index contributed by atoms with van der Waals surface area (Å²) in [7, 11) is 0. The zero-order valence-corrected chi connectivity index (χ0v) is 21.1. The van der Waals surface area contributed by atoms with E-state index in [9.17, 15) is 0 Å². The van der Waals surface area contributed by atoms with E-state index < -0.39 is 0 Å². The van der Waals surface area contributed by atoms with Crippen molar-refractivity contribution in [1.82, 2.24) is 9.80 Å². The molecule has 2 heterocycles. The van der Waals surface area contributed by atoms with Crippen LogP contribution in [0.15, 0.2) is 24.3 Å². The van der Waals surface area contributed by atoms with Crippen molar-refractivity contribution < 1.29 is 0 Å². The third-order valence-electron chi connectivity index (χ3n) is 6.57. The summed E-state index contributed by atoms with van der Waals surface area (Å²) in [6.45, 7) is 8.77. The zero-order chi connectivity index (χ0) is 21.7. The van der Waals surface area contributed by atoms with E-state index in [2.05, 4.69) is 61.8 Å². The summed E-state index contributed by atoms with van der Waals surface area (Å²) in [6, 6.07) is 9.17. The number of rotatable bonds is 6. The van der Waals surface area contributed by atoms with Crippen LogP contribution in [0, 0.1) is 0 Å². The van der Waals surface area contributed by atoms with E-state index in [1.807, 2.05) is 0 Å². The molecule has 2 aliphatic heterocycles. The SMILES string of the molecule is CCC(CC)N1C(=S)c2ccc3c4c(ccc(c24)C1=S)C(=S)N(C(CC)CC)C3=S. The van der Waals surface area contributed by atoms with Crippen LogP contribution in [0.1, 0.15) is 75.6 Å². The Kier molecular flexibility index (Phi) is 6.05. The van der Waals surface area contributed by atoms with Gasteiger partial charge in [-0.25, -0.2) is 0 Å². The van der Waals surface area contributed by atoms with E-state index in [0.717, 1.165) is 78.7 Å². The molecule has 0 saturated carbocycles. The van der Waals surface area contributed by atoms with Crippen molar-refractivity contribution in [1.29, 1.82) is 0 Å². The first-order valence-electron chi connectivity index (χ1n) is 10.8. The van der Waals surface area contributed by atoms with Crippen LogP contribution < -0.4 is 0 Å². The highest BCUT2D eigenvalue weighted by molar-refractivity contribution is 7.83. The molecule has 4 rings (SSSR count). The normalized spacial score (nSPS) is 15.9.